The van der Waals surface area contributed by atoms with Crippen molar-refractivity contribution in [2.45, 2.75) is 44.3 Å². The minimum Gasteiger partial charge on any atom is -0.368 e. The van der Waals surface area contributed by atoms with E-state index in [2.05, 4.69) is 28.4 Å². The maximum Gasteiger partial charge on any atom is 0.240 e. The summed E-state index contributed by atoms with van der Waals surface area (Å²) in [7, 11) is 0. The first kappa shape index (κ1) is 18.4. The largest absolute Gasteiger partial charge is 0.368 e. The number of benzene rings is 1. The number of amides is 2. The number of nitrogens with two attached hydrogens (primary N) is 1. The van der Waals surface area contributed by atoms with Crippen molar-refractivity contribution in [2.75, 3.05) is 12.3 Å². The van der Waals surface area contributed by atoms with Crippen LogP contribution in [0, 0.1) is 13.8 Å². The molecule has 0 unspecified atom stereocenters. The minimum absolute atomic E-state index is 0.0889. The molecular formula is C18H23N5O2S. The number of likely N-dealkylation sites (tertiary alicyclic amines) is 1. The lowest BCUT2D eigenvalue weighted by molar-refractivity contribution is -0.138. The summed E-state index contributed by atoms with van der Waals surface area (Å²) < 4.78 is 1.89. The first-order valence-electron chi connectivity index (χ1n) is 8.66. The monoisotopic (exact) mass is 373 g/mol. The number of rotatable bonds is 5. The first-order chi connectivity index (χ1) is 12.5. The standard InChI is InChI=1S/C18H23N5O2S/c1-12-6-7-13(2)15(9-12)23-11-20-21-18(23)26-10-16(24)22-8-4-3-5-14(22)17(19)25/h6-7,9,11,14H,3-5,8,10H2,1-2H3,(H2,19,25)/t14-/m1/s1. The third-order valence-corrected chi connectivity index (χ3v) is 5.54. The number of carbonyl (C=O) groups is 2. The molecule has 1 aromatic heterocycles. The summed E-state index contributed by atoms with van der Waals surface area (Å²) in [5.41, 5.74) is 8.70. The molecule has 2 amide bonds. The lowest BCUT2D eigenvalue weighted by atomic mass is 10.0. The van der Waals surface area contributed by atoms with Crippen molar-refractivity contribution in [3.05, 3.63) is 35.7 Å². The van der Waals surface area contributed by atoms with Crippen molar-refractivity contribution in [2.24, 2.45) is 5.73 Å². The van der Waals surface area contributed by atoms with Crippen LogP contribution in [-0.2, 0) is 9.59 Å². The fourth-order valence-electron chi connectivity index (χ4n) is 3.20. The summed E-state index contributed by atoms with van der Waals surface area (Å²) in [5, 5.41) is 8.80. The number of aryl methyl sites for hydroxylation is 2. The number of carbonyl (C=O) groups excluding carboxylic acids is 2. The molecule has 0 aliphatic carbocycles. The van der Waals surface area contributed by atoms with E-state index in [1.165, 1.54) is 11.8 Å². The highest BCUT2D eigenvalue weighted by Gasteiger charge is 2.30. The van der Waals surface area contributed by atoms with Crippen LogP contribution < -0.4 is 5.73 Å². The van der Waals surface area contributed by atoms with Crippen molar-refractivity contribution in [1.29, 1.82) is 0 Å². The summed E-state index contributed by atoms with van der Waals surface area (Å²) in [4.78, 5) is 25.8. The Kier molecular flexibility index (Phi) is 5.61. The minimum atomic E-state index is -0.492. The van der Waals surface area contributed by atoms with E-state index >= 15 is 0 Å². The molecule has 2 N–H and O–H groups in total. The highest BCUT2D eigenvalue weighted by Crippen LogP contribution is 2.24. The molecule has 26 heavy (non-hydrogen) atoms. The molecule has 0 saturated carbocycles. The van der Waals surface area contributed by atoms with Crippen molar-refractivity contribution in [1.82, 2.24) is 19.7 Å². The Labute approximate surface area is 157 Å². The van der Waals surface area contributed by atoms with Gasteiger partial charge in [0.05, 0.1) is 11.4 Å². The van der Waals surface area contributed by atoms with Gasteiger partial charge in [0.25, 0.3) is 0 Å². The summed E-state index contributed by atoms with van der Waals surface area (Å²) in [6, 6.07) is 5.68. The van der Waals surface area contributed by atoms with Crippen LogP contribution in [0.5, 0.6) is 0 Å². The Morgan fingerprint density at radius 3 is 2.88 bits per heavy atom. The predicted molar refractivity (Wildman–Crippen MR) is 100 cm³/mol. The zero-order valence-corrected chi connectivity index (χ0v) is 15.8. The van der Waals surface area contributed by atoms with Gasteiger partial charge in [0, 0.05) is 6.54 Å². The molecule has 1 fully saturated rings. The summed E-state index contributed by atoms with van der Waals surface area (Å²) in [6.45, 7) is 4.64. The summed E-state index contributed by atoms with van der Waals surface area (Å²) in [6.07, 6.45) is 4.12. The molecule has 0 spiro atoms. The second-order valence-electron chi connectivity index (χ2n) is 6.56. The van der Waals surface area contributed by atoms with Gasteiger partial charge in [-0.3, -0.25) is 14.2 Å². The molecule has 0 bridgehead atoms. The van der Waals surface area contributed by atoms with E-state index in [0.29, 0.717) is 18.1 Å². The molecule has 2 heterocycles. The Morgan fingerprint density at radius 1 is 1.31 bits per heavy atom. The highest BCUT2D eigenvalue weighted by molar-refractivity contribution is 7.99. The van der Waals surface area contributed by atoms with E-state index in [1.807, 2.05) is 18.4 Å². The predicted octanol–water partition coefficient (Wildman–Crippen LogP) is 1.84. The van der Waals surface area contributed by atoms with Crippen LogP contribution in [0.15, 0.2) is 29.7 Å². The van der Waals surface area contributed by atoms with Crippen LogP contribution in [0.1, 0.15) is 30.4 Å². The number of hydrogen-bond acceptors (Lipinski definition) is 5. The van der Waals surface area contributed by atoms with Gasteiger partial charge in [-0.15, -0.1) is 10.2 Å². The molecule has 2 aromatic rings. The normalized spacial score (nSPS) is 17.3. The van der Waals surface area contributed by atoms with E-state index in [4.69, 9.17) is 5.73 Å². The van der Waals surface area contributed by atoms with Gasteiger partial charge in [-0.2, -0.15) is 0 Å². The number of piperidine rings is 1. The SMILES string of the molecule is Cc1ccc(C)c(-n2cnnc2SCC(=O)N2CCCC[C@@H]2C(N)=O)c1. The Balaban J connectivity index is 1.73. The quantitative estimate of drug-likeness (QED) is 0.807. The molecule has 7 nitrogen and oxygen atoms in total. The maximum absolute atomic E-state index is 12.6. The highest BCUT2D eigenvalue weighted by atomic mass is 32.2. The molecule has 1 atom stereocenters. The van der Waals surface area contributed by atoms with Crippen LogP contribution in [0.2, 0.25) is 0 Å². The third-order valence-electron chi connectivity index (χ3n) is 4.62. The fourth-order valence-corrected chi connectivity index (χ4v) is 4.01. The third kappa shape index (κ3) is 3.90. The van der Waals surface area contributed by atoms with Crippen molar-refractivity contribution < 1.29 is 9.59 Å². The molecule has 1 aliphatic heterocycles. The second kappa shape index (κ2) is 7.90. The van der Waals surface area contributed by atoms with Gasteiger partial charge < -0.3 is 10.6 Å². The average Bonchev–Trinajstić information content (AvgIpc) is 3.10. The summed E-state index contributed by atoms with van der Waals surface area (Å²) in [5.74, 6) is -0.316. The van der Waals surface area contributed by atoms with E-state index in [9.17, 15) is 9.59 Å². The second-order valence-corrected chi connectivity index (χ2v) is 7.51. The molecule has 1 aliphatic rings. The molecule has 1 aromatic carbocycles. The van der Waals surface area contributed by atoms with Crippen LogP contribution in [0.4, 0.5) is 0 Å². The molecule has 1 saturated heterocycles. The number of thioether (sulfide) groups is 1. The Morgan fingerprint density at radius 2 is 2.12 bits per heavy atom. The number of primary amides is 1. The van der Waals surface area contributed by atoms with Crippen LogP contribution in [-0.4, -0.2) is 49.8 Å². The molecule has 138 valence electrons. The van der Waals surface area contributed by atoms with E-state index < -0.39 is 11.9 Å². The maximum atomic E-state index is 12.6. The van der Waals surface area contributed by atoms with Crippen LogP contribution >= 0.6 is 11.8 Å². The zero-order chi connectivity index (χ0) is 18.7. The molecular weight excluding hydrogens is 350 g/mol. The smallest absolute Gasteiger partial charge is 0.240 e. The van der Waals surface area contributed by atoms with Crippen LogP contribution in [0.3, 0.4) is 0 Å². The molecule has 0 radical (unpaired) electrons. The first-order valence-corrected chi connectivity index (χ1v) is 9.65. The van der Waals surface area contributed by atoms with E-state index in [-0.39, 0.29) is 11.7 Å². The van der Waals surface area contributed by atoms with Gasteiger partial charge in [-0.1, -0.05) is 23.9 Å². The Bertz CT molecular complexity index is 820. The van der Waals surface area contributed by atoms with E-state index in [1.54, 1.807) is 11.2 Å². The van der Waals surface area contributed by atoms with Crippen molar-refractivity contribution in [3.63, 3.8) is 0 Å². The van der Waals surface area contributed by atoms with Gasteiger partial charge >= 0.3 is 0 Å². The van der Waals surface area contributed by atoms with Crippen LogP contribution in [0.25, 0.3) is 5.69 Å². The van der Waals surface area contributed by atoms with Gasteiger partial charge in [0.2, 0.25) is 11.8 Å². The van der Waals surface area contributed by atoms with E-state index in [0.717, 1.165) is 29.7 Å². The average molecular weight is 373 g/mol. The molecule has 8 heteroatoms. The molecule has 3 rings (SSSR count). The lowest BCUT2D eigenvalue weighted by Crippen LogP contribution is -2.51. The topological polar surface area (TPSA) is 94.1 Å². The Hall–Kier alpha value is -2.35. The summed E-state index contributed by atoms with van der Waals surface area (Å²) >= 11 is 1.32. The fraction of sp³-hybridized carbons (Fsp3) is 0.444. The lowest BCUT2D eigenvalue weighted by Gasteiger charge is -2.33. The number of hydrogen-bond donors (Lipinski definition) is 1. The number of aromatic nitrogens is 3. The van der Waals surface area contributed by atoms with Gasteiger partial charge in [0.15, 0.2) is 5.16 Å². The number of nitrogens with zero attached hydrogens (tertiary/aromatic N) is 4. The van der Waals surface area contributed by atoms with Crippen molar-refractivity contribution >= 4 is 23.6 Å². The van der Waals surface area contributed by atoms with Crippen molar-refractivity contribution in [3.8, 4) is 5.69 Å². The zero-order valence-electron chi connectivity index (χ0n) is 15.0. The van der Waals surface area contributed by atoms with Gasteiger partial charge in [0.1, 0.15) is 12.4 Å². The van der Waals surface area contributed by atoms with Gasteiger partial charge in [-0.25, -0.2) is 0 Å². The van der Waals surface area contributed by atoms with Gasteiger partial charge in [-0.05, 0) is 50.3 Å².